The van der Waals surface area contributed by atoms with E-state index in [4.69, 9.17) is 0 Å². The zero-order chi connectivity index (χ0) is 10.8. The number of aliphatic hydroxyl groups is 1. The van der Waals surface area contributed by atoms with Crippen LogP contribution >= 0.6 is 15.9 Å². The summed E-state index contributed by atoms with van der Waals surface area (Å²) < 4.78 is 0.969. The van der Waals surface area contributed by atoms with Gasteiger partial charge in [-0.3, -0.25) is 0 Å². The molecule has 1 aliphatic rings. The van der Waals surface area contributed by atoms with Gasteiger partial charge in [0, 0.05) is 23.8 Å². The predicted octanol–water partition coefficient (Wildman–Crippen LogP) is 0.613. The Hall–Kier alpha value is -0.650. The van der Waals surface area contributed by atoms with Crippen molar-refractivity contribution in [1.82, 2.24) is 10.3 Å². The van der Waals surface area contributed by atoms with Crippen molar-refractivity contribution in [3.8, 4) is 0 Å². The van der Waals surface area contributed by atoms with Gasteiger partial charge in [0.05, 0.1) is 12.1 Å². The molecule has 5 heteroatoms. The van der Waals surface area contributed by atoms with Crippen molar-refractivity contribution >= 4 is 21.7 Å². The van der Waals surface area contributed by atoms with Crippen LogP contribution in [0.1, 0.15) is 0 Å². The Morgan fingerprint density at radius 3 is 2.87 bits per heavy atom. The lowest BCUT2D eigenvalue weighted by molar-refractivity contribution is 0.168. The maximum Gasteiger partial charge on any atom is 0.128 e. The van der Waals surface area contributed by atoms with Gasteiger partial charge in [0.2, 0.25) is 0 Å². The van der Waals surface area contributed by atoms with Gasteiger partial charge in [0.15, 0.2) is 0 Å². The molecule has 1 aliphatic heterocycles. The van der Waals surface area contributed by atoms with Crippen molar-refractivity contribution in [2.24, 2.45) is 0 Å². The highest BCUT2D eigenvalue weighted by Gasteiger charge is 2.30. The van der Waals surface area contributed by atoms with Crippen LogP contribution in [0.4, 0.5) is 5.82 Å². The van der Waals surface area contributed by atoms with E-state index in [1.54, 1.807) is 6.20 Å². The number of hydrogen-bond acceptors (Lipinski definition) is 4. The standard InChI is InChI=1S/C10H14BrN3O/c1-12-8-5-14(6-9(8)15)10-3-2-7(11)4-13-10/h2-4,8-9,12,15H,5-6H2,1H3. The van der Waals surface area contributed by atoms with E-state index in [2.05, 4.69) is 31.1 Å². The Morgan fingerprint density at radius 2 is 2.33 bits per heavy atom. The van der Waals surface area contributed by atoms with Crippen LogP contribution < -0.4 is 10.2 Å². The molecule has 15 heavy (non-hydrogen) atoms. The molecule has 0 spiro atoms. The fourth-order valence-corrected chi connectivity index (χ4v) is 2.05. The number of nitrogens with one attached hydrogen (secondary N) is 1. The molecule has 82 valence electrons. The second-order valence-corrected chi connectivity index (χ2v) is 4.62. The number of anilines is 1. The van der Waals surface area contributed by atoms with Crippen molar-refractivity contribution < 1.29 is 5.11 Å². The second-order valence-electron chi connectivity index (χ2n) is 3.70. The highest BCUT2D eigenvalue weighted by atomic mass is 79.9. The van der Waals surface area contributed by atoms with Gasteiger partial charge in [-0.15, -0.1) is 0 Å². The molecule has 2 heterocycles. The van der Waals surface area contributed by atoms with Crippen molar-refractivity contribution in [2.45, 2.75) is 12.1 Å². The SMILES string of the molecule is CNC1CN(c2ccc(Br)cn2)CC1O. The molecular formula is C10H14BrN3O. The molecule has 0 radical (unpaired) electrons. The maximum absolute atomic E-state index is 9.73. The molecule has 0 amide bonds. The average molecular weight is 272 g/mol. The van der Waals surface area contributed by atoms with Gasteiger partial charge >= 0.3 is 0 Å². The van der Waals surface area contributed by atoms with E-state index in [0.717, 1.165) is 16.8 Å². The first-order valence-corrected chi connectivity index (χ1v) is 5.72. The molecule has 0 saturated carbocycles. The summed E-state index contributed by atoms with van der Waals surface area (Å²) in [6.45, 7) is 1.44. The molecule has 2 N–H and O–H groups in total. The van der Waals surface area contributed by atoms with E-state index in [1.165, 1.54) is 0 Å². The quantitative estimate of drug-likeness (QED) is 0.828. The van der Waals surface area contributed by atoms with Crippen molar-refractivity contribution in [2.75, 3.05) is 25.0 Å². The number of halogens is 1. The Morgan fingerprint density at radius 1 is 1.53 bits per heavy atom. The van der Waals surface area contributed by atoms with E-state index >= 15 is 0 Å². The normalized spacial score (nSPS) is 25.9. The molecule has 2 atom stereocenters. The minimum absolute atomic E-state index is 0.135. The maximum atomic E-state index is 9.73. The molecule has 0 aliphatic carbocycles. The third-order valence-corrected chi connectivity index (χ3v) is 3.16. The summed E-state index contributed by atoms with van der Waals surface area (Å²) >= 11 is 3.35. The first-order chi connectivity index (χ1) is 7.20. The Balaban J connectivity index is 2.10. The minimum atomic E-state index is -0.319. The van der Waals surface area contributed by atoms with Crippen LogP contribution in [0, 0.1) is 0 Å². The van der Waals surface area contributed by atoms with E-state index < -0.39 is 0 Å². The van der Waals surface area contributed by atoms with E-state index in [9.17, 15) is 5.11 Å². The van der Waals surface area contributed by atoms with Crippen LogP contribution in [0.25, 0.3) is 0 Å². The fraction of sp³-hybridized carbons (Fsp3) is 0.500. The molecule has 4 nitrogen and oxygen atoms in total. The highest BCUT2D eigenvalue weighted by molar-refractivity contribution is 9.10. The number of pyridine rings is 1. The van der Waals surface area contributed by atoms with Crippen molar-refractivity contribution in [3.05, 3.63) is 22.8 Å². The summed E-state index contributed by atoms with van der Waals surface area (Å²) in [6.07, 6.45) is 1.45. The Kier molecular flexibility index (Phi) is 3.23. The predicted molar refractivity (Wildman–Crippen MR) is 63.0 cm³/mol. The smallest absolute Gasteiger partial charge is 0.128 e. The second kappa shape index (κ2) is 4.47. The van der Waals surface area contributed by atoms with Gasteiger partial charge in [-0.05, 0) is 35.1 Å². The van der Waals surface area contributed by atoms with E-state index in [1.807, 2.05) is 19.2 Å². The van der Waals surface area contributed by atoms with Crippen molar-refractivity contribution in [1.29, 1.82) is 0 Å². The summed E-state index contributed by atoms with van der Waals surface area (Å²) in [4.78, 5) is 6.39. The van der Waals surface area contributed by atoms with Crippen LogP contribution in [0.2, 0.25) is 0 Å². The number of aliphatic hydroxyl groups excluding tert-OH is 1. The molecule has 1 saturated heterocycles. The monoisotopic (exact) mass is 271 g/mol. The van der Waals surface area contributed by atoms with Crippen LogP contribution in [0.5, 0.6) is 0 Å². The molecule has 1 aromatic rings. The van der Waals surface area contributed by atoms with E-state index in [-0.39, 0.29) is 12.1 Å². The molecule has 1 fully saturated rings. The van der Waals surface area contributed by atoms with Crippen LogP contribution in [0.15, 0.2) is 22.8 Å². The third-order valence-electron chi connectivity index (χ3n) is 2.70. The van der Waals surface area contributed by atoms with Crippen LogP contribution in [-0.4, -0.2) is 42.4 Å². The lowest BCUT2D eigenvalue weighted by Gasteiger charge is -2.16. The molecule has 1 aromatic heterocycles. The topological polar surface area (TPSA) is 48.4 Å². The Labute approximate surface area is 97.4 Å². The number of rotatable bonds is 2. The van der Waals surface area contributed by atoms with Crippen LogP contribution in [0.3, 0.4) is 0 Å². The largest absolute Gasteiger partial charge is 0.390 e. The first kappa shape index (κ1) is 10.9. The number of nitrogens with zero attached hydrogens (tertiary/aromatic N) is 2. The molecule has 0 bridgehead atoms. The van der Waals surface area contributed by atoms with Gasteiger partial charge in [-0.2, -0.15) is 0 Å². The number of aromatic nitrogens is 1. The van der Waals surface area contributed by atoms with Gasteiger partial charge in [0.25, 0.3) is 0 Å². The zero-order valence-corrected chi connectivity index (χ0v) is 10.1. The van der Waals surface area contributed by atoms with Gasteiger partial charge in [-0.1, -0.05) is 0 Å². The summed E-state index contributed by atoms with van der Waals surface area (Å²) in [5.74, 6) is 0.912. The van der Waals surface area contributed by atoms with Gasteiger partial charge in [0.1, 0.15) is 5.82 Å². The van der Waals surface area contributed by atoms with E-state index in [0.29, 0.717) is 6.54 Å². The Bertz CT molecular complexity index is 330. The van der Waals surface area contributed by atoms with Crippen LogP contribution in [-0.2, 0) is 0 Å². The minimum Gasteiger partial charge on any atom is -0.390 e. The lowest BCUT2D eigenvalue weighted by atomic mass is 10.2. The summed E-state index contributed by atoms with van der Waals surface area (Å²) in [6, 6.07) is 4.05. The average Bonchev–Trinajstić information content (AvgIpc) is 2.61. The van der Waals surface area contributed by atoms with Gasteiger partial charge < -0.3 is 15.3 Å². The van der Waals surface area contributed by atoms with Crippen molar-refractivity contribution in [3.63, 3.8) is 0 Å². The fourth-order valence-electron chi connectivity index (χ4n) is 1.81. The molecule has 2 rings (SSSR count). The summed E-state index contributed by atoms with van der Waals surface area (Å²) in [5, 5.41) is 12.8. The van der Waals surface area contributed by atoms with Gasteiger partial charge in [-0.25, -0.2) is 4.98 Å². The number of likely N-dealkylation sites (N-methyl/N-ethyl adjacent to an activating group) is 1. The number of β-amino-alcohol motifs (C(OH)–C–C–N with tert-alkyl or cyclic N) is 1. The molecule has 2 unspecified atom stereocenters. The lowest BCUT2D eigenvalue weighted by Crippen LogP contribution is -2.36. The first-order valence-electron chi connectivity index (χ1n) is 4.92. The summed E-state index contributed by atoms with van der Waals surface area (Å²) in [7, 11) is 1.87. The number of hydrogen-bond donors (Lipinski definition) is 2. The zero-order valence-electron chi connectivity index (χ0n) is 8.52. The third kappa shape index (κ3) is 2.30. The highest BCUT2D eigenvalue weighted by Crippen LogP contribution is 2.19. The molecule has 0 aromatic carbocycles. The molecular weight excluding hydrogens is 258 g/mol. The summed E-state index contributed by atoms with van der Waals surface area (Å²) in [5.41, 5.74) is 0.